The molecule has 0 aromatic heterocycles. The van der Waals surface area contributed by atoms with E-state index in [1.54, 1.807) is 24.3 Å². The molecule has 1 atom stereocenters. The molecule has 43 heavy (non-hydrogen) atoms. The second-order valence-corrected chi connectivity index (χ2v) is 13.0. The van der Waals surface area contributed by atoms with Gasteiger partial charge in [-0.1, -0.05) is 73.3 Å². The number of hydrogen-bond acceptors (Lipinski definition) is 6. The second kappa shape index (κ2) is 13.8. The number of para-hydroxylation sites is 2. The minimum absolute atomic E-state index is 0.00489. The van der Waals surface area contributed by atoms with Gasteiger partial charge in [-0.25, -0.2) is 8.42 Å². The zero-order chi connectivity index (χ0) is 30.4. The van der Waals surface area contributed by atoms with E-state index in [1.165, 1.54) is 34.5 Å². The molecule has 0 saturated heterocycles. The Balaban J connectivity index is 1.37. The van der Waals surface area contributed by atoms with Gasteiger partial charge in [-0.05, 0) is 55.2 Å². The topological polar surface area (TPSA) is 105 Å². The summed E-state index contributed by atoms with van der Waals surface area (Å²) in [7, 11) is -2.63. The summed E-state index contributed by atoms with van der Waals surface area (Å²) in [6.45, 7) is -0.0102. The van der Waals surface area contributed by atoms with E-state index in [0.717, 1.165) is 24.8 Å². The van der Waals surface area contributed by atoms with E-state index in [4.69, 9.17) is 21.1 Å². The predicted octanol–water partition coefficient (Wildman–Crippen LogP) is 4.83. The molecule has 9 nitrogen and oxygen atoms in total. The van der Waals surface area contributed by atoms with E-state index in [1.807, 2.05) is 30.3 Å². The highest BCUT2D eigenvalue weighted by atomic mass is 35.5. The summed E-state index contributed by atoms with van der Waals surface area (Å²) in [6, 6.07) is 20.8. The SMILES string of the molecule is COc1ccc(S(=O)(=O)N(CC(=O)N2CC(C(=O)NCCc3ccccc3)Oc3ccccc32)C2CCCCC2)cc1Cl. The zero-order valence-corrected chi connectivity index (χ0v) is 25.6. The number of rotatable bonds is 10. The van der Waals surface area contributed by atoms with Crippen LogP contribution < -0.4 is 19.7 Å². The predicted molar refractivity (Wildman–Crippen MR) is 165 cm³/mol. The fourth-order valence-corrected chi connectivity index (χ4v) is 7.62. The Morgan fingerprint density at radius 1 is 1.02 bits per heavy atom. The molecule has 1 unspecified atom stereocenters. The molecule has 1 aliphatic carbocycles. The first-order valence-electron chi connectivity index (χ1n) is 14.5. The number of benzene rings is 3. The highest BCUT2D eigenvalue weighted by Gasteiger charge is 2.39. The van der Waals surface area contributed by atoms with Gasteiger partial charge in [-0.15, -0.1) is 0 Å². The number of sulfonamides is 1. The normalized spacial score (nSPS) is 17.2. The van der Waals surface area contributed by atoms with Gasteiger partial charge in [-0.2, -0.15) is 4.31 Å². The van der Waals surface area contributed by atoms with E-state index in [0.29, 0.717) is 43.0 Å². The maximum atomic E-state index is 14.0. The first kappa shape index (κ1) is 30.8. The van der Waals surface area contributed by atoms with Crippen molar-refractivity contribution in [2.24, 2.45) is 0 Å². The number of halogens is 1. The molecule has 1 heterocycles. The Kier molecular flexibility index (Phi) is 9.90. The van der Waals surface area contributed by atoms with Crippen LogP contribution in [0.25, 0.3) is 0 Å². The molecule has 2 amide bonds. The Morgan fingerprint density at radius 3 is 2.47 bits per heavy atom. The fourth-order valence-electron chi connectivity index (χ4n) is 5.64. The molecular formula is C32H36ClN3O6S. The minimum Gasteiger partial charge on any atom is -0.495 e. The summed E-state index contributed by atoms with van der Waals surface area (Å²) in [6.07, 6.45) is 3.78. The number of methoxy groups -OCH3 is 1. The number of carbonyl (C=O) groups excluding carboxylic acids is 2. The fraction of sp³-hybridized carbons (Fsp3) is 0.375. The van der Waals surface area contributed by atoms with E-state index in [9.17, 15) is 18.0 Å². The van der Waals surface area contributed by atoms with Gasteiger partial charge in [0.2, 0.25) is 15.9 Å². The summed E-state index contributed by atoms with van der Waals surface area (Å²) in [5, 5.41) is 3.08. The summed E-state index contributed by atoms with van der Waals surface area (Å²) in [4.78, 5) is 28.6. The maximum Gasteiger partial charge on any atom is 0.262 e. The van der Waals surface area contributed by atoms with Crippen LogP contribution in [0.1, 0.15) is 37.7 Å². The minimum atomic E-state index is -4.09. The first-order valence-corrected chi connectivity index (χ1v) is 16.3. The lowest BCUT2D eigenvalue weighted by Gasteiger charge is -2.37. The van der Waals surface area contributed by atoms with Crippen molar-refractivity contribution in [3.05, 3.63) is 83.4 Å². The number of nitrogens with one attached hydrogen (secondary N) is 1. The second-order valence-electron chi connectivity index (χ2n) is 10.7. The van der Waals surface area contributed by atoms with E-state index >= 15 is 0 Å². The standard InChI is InChI=1S/C32H36ClN3O6S/c1-41-28-17-16-25(20-26(28)33)43(39,40)36(24-12-6-3-7-13-24)22-31(37)35-21-30(42-29-15-9-8-14-27(29)35)32(38)34-19-18-23-10-4-2-5-11-23/h2,4-5,8-11,14-17,20,24,30H,3,6-7,12-13,18-19,21-22H2,1H3,(H,34,38). The van der Waals surface area contributed by atoms with Crippen LogP contribution in [0.2, 0.25) is 5.02 Å². The number of hydrogen-bond donors (Lipinski definition) is 1. The van der Waals surface area contributed by atoms with Gasteiger partial charge in [0.25, 0.3) is 5.91 Å². The highest BCUT2D eigenvalue weighted by Crippen LogP contribution is 2.35. The summed E-state index contributed by atoms with van der Waals surface area (Å²) >= 11 is 6.29. The molecule has 2 aliphatic rings. The number of amides is 2. The molecule has 11 heteroatoms. The highest BCUT2D eigenvalue weighted by molar-refractivity contribution is 7.89. The Labute approximate surface area is 257 Å². The van der Waals surface area contributed by atoms with Crippen LogP contribution in [-0.4, -0.2) is 63.4 Å². The lowest BCUT2D eigenvalue weighted by atomic mass is 9.95. The molecule has 228 valence electrons. The molecule has 3 aromatic carbocycles. The summed E-state index contributed by atoms with van der Waals surface area (Å²) in [5.41, 5.74) is 1.59. The van der Waals surface area contributed by atoms with Crippen molar-refractivity contribution in [2.75, 3.05) is 31.6 Å². The maximum absolute atomic E-state index is 14.0. The van der Waals surface area contributed by atoms with Crippen LogP contribution in [0.3, 0.4) is 0 Å². The van der Waals surface area contributed by atoms with Crippen LogP contribution >= 0.6 is 11.6 Å². The van der Waals surface area contributed by atoms with Gasteiger partial charge in [-0.3, -0.25) is 9.59 Å². The first-order chi connectivity index (χ1) is 20.8. The van der Waals surface area contributed by atoms with E-state index < -0.39 is 22.0 Å². The van der Waals surface area contributed by atoms with Gasteiger partial charge < -0.3 is 19.7 Å². The van der Waals surface area contributed by atoms with Crippen molar-refractivity contribution in [1.29, 1.82) is 0 Å². The molecule has 5 rings (SSSR count). The molecule has 1 fully saturated rings. The Bertz CT molecular complexity index is 1550. The summed E-state index contributed by atoms with van der Waals surface area (Å²) in [5.74, 6) is -0.0299. The lowest BCUT2D eigenvalue weighted by Crippen LogP contribution is -2.54. The van der Waals surface area contributed by atoms with E-state index in [-0.39, 0.29) is 35.0 Å². The third-order valence-electron chi connectivity index (χ3n) is 7.93. The van der Waals surface area contributed by atoms with Crippen molar-refractivity contribution in [3.8, 4) is 11.5 Å². The molecular weight excluding hydrogens is 590 g/mol. The zero-order valence-electron chi connectivity index (χ0n) is 24.1. The number of fused-ring (bicyclic) bond motifs is 1. The molecule has 1 aliphatic heterocycles. The number of ether oxygens (including phenoxy) is 2. The number of nitrogens with zero attached hydrogens (tertiary/aromatic N) is 2. The van der Waals surface area contributed by atoms with Crippen molar-refractivity contribution >= 4 is 39.1 Å². The van der Waals surface area contributed by atoms with Gasteiger partial charge >= 0.3 is 0 Å². The Hall–Kier alpha value is -3.60. The van der Waals surface area contributed by atoms with Crippen LogP contribution in [0.15, 0.2) is 77.7 Å². The van der Waals surface area contributed by atoms with Crippen LogP contribution in [0.5, 0.6) is 11.5 Å². The monoisotopic (exact) mass is 625 g/mol. The average molecular weight is 626 g/mol. The molecule has 0 bridgehead atoms. The van der Waals surface area contributed by atoms with E-state index in [2.05, 4.69) is 5.32 Å². The van der Waals surface area contributed by atoms with Crippen molar-refractivity contribution in [2.45, 2.75) is 55.6 Å². The molecule has 0 radical (unpaired) electrons. The molecule has 1 N–H and O–H groups in total. The van der Waals surface area contributed by atoms with Crippen molar-refractivity contribution in [3.63, 3.8) is 0 Å². The third-order valence-corrected chi connectivity index (χ3v) is 10.1. The van der Waals surface area contributed by atoms with Gasteiger partial charge in [0.1, 0.15) is 11.5 Å². The van der Waals surface area contributed by atoms with Gasteiger partial charge in [0, 0.05) is 12.6 Å². The molecule has 0 spiro atoms. The smallest absolute Gasteiger partial charge is 0.262 e. The molecule has 3 aromatic rings. The number of anilines is 1. The Morgan fingerprint density at radius 2 is 1.74 bits per heavy atom. The van der Waals surface area contributed by atoms with Crippen molar-refractivity contribution in [1.82, 2.24) is 9.62 Å². The van der Waals surface area contributed by atoms with Crippen LogP contribution in [0, 0.1) is 0 Å². The number of carbonyl (C=O) groups is 2. The van der Waals surface area contributed by atoms with Crippen LogP contribution in [0.4, 0.5) is 5.69 Å². The largest absolute Gasteiger partial charge is 0.495 e. The van der Waals surface area contributed by atoms with Gasteiger partial charge in [0.05, 0.1) is 35.8 Å². The molecule has 1 saturated carbocycles. The van der Waals surface area contributed by atoms with Gasteiger partial charge in [0.15, 0.2) is 6.10 Å². The quantitative estimate of drug-likeness (QED) is 0.346. The third kappa shape index (κ3) is 7.14. The van der Waals surface area contributed by atoms with Crippen LogP contribution in [-0.2, 0) is 26.0 Å². The lowest BCUT2D eigenvalue weighted by molar-refractivity contribution is -0.128. The van der Waals surface area contributed by atoms with Crippen molar-refractivity contribution < 1.29 is 27.5 Å². The average Bonchev–Trinajstić information content (AvgIpc) is 3.03. The summed E-state index contributed by atoms with van der Waals surface area (Å²) < 4.78 is 40.6.